The molecule has 7 heteroatoms. The lowest BCUT2D eigenvalue weighted by Gasteiger charge is -2.36. The van der Waals surface area contributed by atoms with Gasteiger partial charge in [-0.25, -0.2) is 14.6 Å². The summed E-state index contributed by atoms with van der Waals surface area (Å²) in [5.74, 6) is -0.894. The van der Waals surface area contributed by atoms with Crippen molar-refractivity contribution in [1.82, 2.24) is 15.3 Å². The van der Waals surface area contributed by atoms with E-state index < -0.39 is 11.5 Å². The molecule has 114 valence electrons. The molecule has 1 atom stereocenters. The van der Waals surface area contributed by atoms with Crippen molar-refractivity contribution in [3.63, 3.8) is 0 Å². The van der Waals surface area contributed by atoms with Gasteiger partial charge >= 0.3 is 12.0 Å². The second-order valence-electron chi connectivity index (χ2n) is 5.36. The number of nitrogens with one attached hydrogen (secondary N) is 1. The van der Waals surface area contributed by atoms with E-state index >= 15 is 0 Å². The summed E-state index contributed by atoms with van der Waals surface area (Å²) in [6, 6.07) is -0.305. The number of nitrogens with zero attached hydrogens (tertiary/aromatic N) is 2. The molecular weight excluding hydrogens is 262 g/mol. The van der Waals surface area contributed by atoms with Crippen molar-refractivity contribution in [2.24, 2.45) is 0 Å². The van der Waals surface area contributed by atoms with Crippen LogP contribution in [0.5, 0.6) is 0 Å². The number of rotatable bonds is 4. The molecule has 2 fully saturated rings. The Bertz CT molecular complexity index is 371. The predicted octanol–water partition coefficient (Wildman–Crippen LogP) is 0.663. The molecule has 0 aliphatic carbocycles. The lowest BCUT2D eigenvalue weighted by atomic mass is 9.91. The zero-order chi connectivity index (χ0) is 14.6. The smallest absolute Gasteiger partial charge is 0.332 e. The monoisotopic (exact) mass is 285 g/mol. The van der Waals surface area contributed by atoms with Gasteiger partial charge in [0.1, 0.15) is 5.54 Å². The molecule has 20 heavy (non-hydrogen) atoms. The minimum absolute atomic E-state index is 0.305. The molecule has 0 aromatic carbocycles. The Balaban J connectivity index is 2.04. The number of urea groups is 1. The molecule has 0 radical (unpaired) electrons. The Morgan fingerprint density at radius 3 is 2.60 bits per heavy atom. The van der Waals surface area contributed by atoms with Crippen molar-refractivity contribution in [3.05, 3.63) is 0 Å². The third-order valence-corrected chi connectivity index (χ3v) is 4.06. The van der Waals surface area contributed by atoms with E-state index in [9.17, 15) is 14.7 Å². The fourth-order valence-corrected chi connectivity index (χ4v) is 3.05. The number of carbonyl (C=O) groups is 2. The molecule has 2 amide bonds. The first-order valence-electron chi connectivity index (χ1n) is 7.24. The average molecular weight is 285 g/mol. The number of hydrogen-bond acceptors (Lipinski definition) is 4. The van der Waals surface area contributed by atoms with Crippen molar-refractivity contribution in [2.75, 3.05) is 32.8 Å². The maximum Gasteiger partial charge on any atom is 0.332 e. The summed E-state index contributed by atoms with van der Waals surface area (Å²) in [6.45, 7) is 4.88. The van der Waals surface area contributed by atoms with Crippen LogP contribution >= 0.6 is 0 Å². The highest BCUT2D eigenvalue weighted by atomic mass is 16.5. The van der Waals surface area contributed by atoms with Gasteiger partial charge in [0.05, 0.1) is 13.2 Å². The first-order valence-corrected chi connectivity index (χ1v) is 7.24. The topological polar surface area (TPSA) is 82.1 Å². The van der Waals surface area contributed by atoms with Gasteiger partial charge in [0.25, 0.3) is 0 Å². The summed E-state index contributed by atoms with van der Waals surface area (Å²) in [5.41, 5.74) is 1.77. The Morgan fingerprint density at radius 1 is 1.30 bits per heavy atom. The van der Waals surface area contributed by atoms with Crippen LogP contribution in [-0.2, 0) is 9.53 Å². The van der Waals surface area contributed by atoms with Crippen molar-refractivity contribution in [2.45, 2.75) is 38.1 Å². The van der Waals surface area contributed by atoms with Crippen molar-refractivity contribution in [1.29, 1.82) is 0 Å². The number of morpholine rings is 1. The van der Waals surface area contributed by atoms with Crippen LogP contribution in [-0.4, -0.2) is 65.4 Å². The number of ether oxygens (including phenoxy) is 1. The van der Waals surface area contributed by atoms with Crippen LogP contribution in [0.15, 0.2) is 0 Å². The van der Waals surface area contributed by atoms with Crippen LogP contribution in [0.4, 0.5) is 4.79 Å². The molecule has 2 heterocycles. The van der Waals surface area contributed by atoms with E-state index in [1.54, 1.807) is 5.01 Å². The van der Waals surface area contributed by atoms with E-state index in [1.165, 1.54) is 4.90 Å². The number of amides is 2. The van der Waals surface area contributed by atoms with E-state index in [2.05, 4.69) is 5.43 Å². The molecule has 0 saturated carbocycles. The van der Waals surface area contributed by atoms with E-state index in [1.807, 2.05) is 6.92 Å². The highest BCUT2D eigenvalue weighted by Crippen LogP contribution is 2.34. The molecule has 2 rings (SSSR count). The van der Waals surface area contributed by atoms with E-state index in [0.717, 1.165) is 12.8 Å². The first-order chi connectivity index (χ1) is 9.60. The van der Waals surface area contributed by atoms with Crippen LogP contribution in [0.3, 0.4) is 0 Å². The van der Waals surface area contributed by atoms with E-state index in [-0.39, 0.29) is 6.03 Å². The number of aliphatic carboxylic acids is 1. The SMILES string of the molecule is CCCC1(C(=O)O)CCCN1C(=O)NN1CCOCC1. The quantitative estimate of drug-likeness (QED) is 0.793. The third-order valence-electron chi connectivity index (χ3n) is 4.06. The molecule has 0 spiro atoms. The molecule has 0 aromatic heterocycles. The molecule has 2 N–H and O–H groups in total. The number of carboxylic acids is 1. The highest BCUT2D eigenvalue weighted by Gasteiger charge is 2.49. The summed E-state index contributed by atoms with van der Waals surface area (Å²) in [6.07, 6.45) is 2.52. The van der Waals surface area contributed by atoms with Gasteiger partial charge < -0.3 is 14.7 Å². The van der Waals surface area contributed by atoms with E-state index in [0.29, 0.717) is 45.7 Å². The summed E-state index contributed by atoms with van der Waals surface area (Å²) < 4.78 is 5.22. The fourth-order valence-electron chi connectivity index (χ4n) is 3.05. The maximum absolute atomic E-state index is 12.4. The maximum atomic E-state index is 12.4. The third kappa shape index (κ3) is 2.88. The van der Waals surface area contributed by atoms with Gasteiger partial charge in [0, 0.05) is 19.6 Å². The Labute approximate surface area is 118 Å². The first kappa shape index (κ1) is 15.1. The summed E-state index contributed by atoms with van der Waals surface area (Å²) in [4.78, 5) is 25.5. The van der Waals surface area contributed by atoms with Crippen molar-refractivity contribution >= 4 is 12.0 Å². The van der Waals surface area contributed by atoms with Crippen LogP contribution in [0.25, 0.3) is 0 Å². The fraction of sp³-hybridized carbons (Fsp3) is 0.846. The van der Waals surface area contributed by atoms with Gasteiger partial charge in [0.15, 0.2) is 0 Å². The van der Waals surface area contributed by atoms with Crippen LogP contribution in [0.2, 0.25) is 0 Å². The highest BCUT2D eigenvalue weighted by molar-refractivity contribution is 5.86. The van der Waals surface area contributed by atoms with Crippen molar-refractivity contribution < 1.29 is 19.4 Å². The number of carbonyl (C=O) groups excluding carboxylic acids is 1. The van der Waals surface area contributed by atoms with Crippen LogP contribution in [0, 0.1) is 0 Å². The van der Waals surface area contributed by atoms with Gasteiger partial charge in [-0.15, -0.1) is 0 Å². The molecular formula is C13H23N3O4. The average Bonchev–Trinajstić information content (AvgIpc) is 2.85. The second-order valence-corrected chi connectivity index (χ2v) is 5.36. The van der Waals surface area contributed by atoms with Crippen LogP contribution in [0.1, 0.15) is 32.6 Å². The number of carboxylic acid groups (broad SMARTS) is 1. The number of hydrazine groups is 1. The zero-order valence-corrected chi connectivity index (χ0v) is 11.9. The molecule has 2 aliphatic heterocycles. The summed E-state index contributed by atoms with van der Waals surface area (Å²) in [5, 5.41) is 11.4. The van der Waals surface area contributed by atoms with Gasteiger partial charge in [-0.1, -0.05) is 13.3 Å². The molecule has 1 unspecified atom stereocenters. The van der Waals surface area contributed by atoms with Gasteiger partial charge in [-0.2, -0.15) is 0 Å². The van der Waals surface area contributed by atoms with Crippen molar-refractivity contribution in [3.8, 4) is 0 Å². The molecule has 7 nitrogen and oxygen atoms in total. The van der Waals surface area contributed by atoms with E-state index in [4.69, 9.17) is 4.74 Å². The van der Waals surface area contributed by atoms with Gasteiger partial charge in [0.2, 0.25) is 0 Å². The summed E-state index contributed by atoms with van der Waals surface area (Å²) in [7, 11) is 0. The zero-order valence-electron chi connectivity index (χ0n) is 11.9. The summed E-state index contributed by atoms with van der Waals surface area (Å²) >= 11 is 0. The lowest BCUT2D eigenvalue weighted by molar-refractivity contribution is -0.148. The molecule has 0 aromatic rings. The normalized spacial score (nSPS) is 27.6. The minimum atomic E-state index is -1.04. The van der Waals surface area contributed by atoms with Gasteiger partial charge in [-0.05, 0) is 19.3 Å². The lowest BCUT2D eigenvalue weighted by Crippen LogP contribution is -2.59. The second kappa shape index (κ2) is 6.41. The molecule has 0 bridgehead atoms. The Kier molecular flexibility index (Phi) is 4.82. The molecule has 2 aliphatic rings. The Morgan fingerprint density at radius 2 is 2.00 bits per heavy atom. The minimum Gasteiger partial charge on any atom is -0.479 e. The van der Waals surface area contributed by atoms with Gasteiger partial charge in [-0.3, -0.25) is 5.43 Å². The largest absolute Gasteiger partial charge is 0.479 e. The standard InChI is InChI=1S/C13H23N3O4/c1-2-4-13(11(17)18)5-3-6-16(13)12(19)14-15-7-9-20-10-8-15/h2-10H2,1H3,(H,14,19)(H,17,18). The Hall–Kier alpha value is -1.34. The predicted molar refractivity (Wildman–Crippen MR) is 72.1 cm³/mol. The number of likely N-dealkylation sites (tertiary alicyclic amines) is 1. The molecule has 2 saturated heterocycles. The van der Waals surface area contributed by atoms with Crippen LogP contribution < -0.4 is 5.43 Å². The number of hydrogen-bond donors (Lipinski definition) is 2.